The molecule has 2 rings (SSSR count). The topological polar surface area (TPSA) is 55.2 Å². The van der Waals surface area contributed by atoms with E-state index in [4.69, 9.17) is 0 Å². The van der Waals surface area contributed by atoms with Crippen LogP contribution < -0.4 is 5.32 Å². The fourth-order valence-corrected chi connectivity index (χ4v) is 2.98. The maximum Gasteiger partial charge on any atom is 0.304 e. The molecule has 1 fully saturated rings. The first-order chi connectivity index (χ1) is 9.60. The van der Waals surface area contributed by atoms with Gasteiger partial charge in [-0.05, 0) is 37.7 Å². The van der Waals surface area contributed by atoms with E-state index in [1.807, 2.05) is 0 Å². The first kappa shape index (κ1) is 14.8. The summed E-state index contributed by atoms with van der Waals surface area (Å²) < 4.78 is 13.5. The largest absolute Gasteiger partial charge is 0.382 e. The first-order valence-electron chi connectivity index (χ1n) is 7.30. The van der Waals surface area contributed by atoms with E-state index in [2.05, 4.69) is 12.2 Å². The lowest BCUT2D eigenvalue weighted by molar-refractivity contribution is -0.387. The summed E-state index contributed by atoms with van der Waals surface area (Å²) >= 11 is 0. The Morgan fingerprint density at radius 2 is 2.05 bits per heavy atom. The molecule has 0 aromatic heterocycles. The molecule has 1 N–H and O–H groups in total. The third-order valence-electron chi connectivity index (χ3n) is 4.06. The van der Waals surface area contributed by atoms with Crippen molar-refractivity contribution in [1.82, 2.24) is 0 Å². The molecular formula is C15H21FN2O2. The van der Waals surface area contributed by atoms with Gasteiger partial charge in [0.15, 0.2) is 0 Å². The number of benzene rings is 1. The minimum Gasteiger partial charge on any atom is -0.382 e. The van der Waals surface area contributed by atoms with Crippen LogP contribution in [-0.2, 0) is 0 Å². The van der Waals surface area contributed by atoms with Crippen molar-refractivity contribution in [2.24, 2.45) is 5.92 Å². The van der Waals surface area contributed by atoms with Crippen LogP contribution in [-0.4, -0.2) is 11.0 Å². The predicted octanol–water partition coefficient (Wildman–Crippen LogP) is 4.50. The molecule has 110 valence electrons. The molecule has 20 heavy (non-hydrogen) atoms. The average Bonchev–Trinajstić information content (AvgIpc) is 2.41. The fourth-order valence-electron chi connectivity index (χ4n) is 2.98. The number of nitro benzene ring substituents is 1. The number of hydrogen-bond donors (Lipinski definition) is 1. The number of hydrogen-bond acceptors (Lipinski definition) is 3. The molecule has 0 saturated heterocycles. The highest BCUT2D eigenvalue weighted by molar-refractivity contribution is 5.50. The normalized spacial score (nSPS) is 22.5. The third kappa shape index (κ3) is 3.68. The molecule has 0 aliphatic heterocycles. The molecule has 4 nitrogen and oxygen atoms in total. The van der Waals surface area contributed by atoms with Gasteiger partial charge in [0.25, 0.3) is 0 Å². The number of nitro groups is 1. The molecule has 0 unspecified atom stereocenters. The maximum atomic E-state index is 13.5. The summed E-state index contributed by atoms with van der Waals surface area (Å²) in [5, 5.41) is 13.9. The number of halogens is 1. The van der Waals surface area contributed by atoms with Gasteiger partial charge in [0, 0.05) is 23.9 Å². The Labute approximate surface area is 118 Å². The molecule has 1 aliphatic rings. The van der Waals surface area contributed by atoms with Gasteiger partial charge in [0.2, 0.25) is 5.82 Å². The number of anilines is 1. The van der Waals surface area contributed by atoms with E-state index >= 15 is 0 Å². The minimum atomic E-state index is -0.778. The van der Waals surface area contributed by atoms with Crippen LogP contribution in [0, 0.1) is 21.8 Å². The van der Waals surface area contributed by atoms with Gasteiger partial charge in [-0.25, -0.2) is 0 Å². The Balaban J connectivity index is 1.91. The molecule has 5 heteroatoms. The second kappa shape index (κ2) is 6.68. The second-order valence-corrected chi connectivity index (χ2v) is 5.57. The summed E-state index contributed by atoms with van der Waals surface area (Å²) in [5.74, 6) is 0.0475. The standard InChI is InChI=1S/C15H21FN2O2/c1-2-3-11-4-6-12(7-5-11)17-13-8-9-15(18(19)20)14(16)10-13/h8-12,17H,2-7H2,1H3. The van der Waals surface area contributed by atoms with Crippen LogP contribution in [0.3, 0.4) is 0 Å². The van der Waals surface area contributed by atoms with Crippen molar-refractivity contribution in [3.8, 4) is 0 Å². The fraction of sp³-hybridized carbons (Fsp3) is 0.600. The molecule has 1 aromatic rings. The molecule has 1 saturated carbocycles. The van der Waals surface area contributed by atoms with Crippen LogP contribution in [0.25, 0.3) is 0 Å². The van der Waals surface area contributed by atoms with Gasteiger partial charge in [0.05, 0.1) is 4.92 Å². The lowest BCUT2D eigenvalue weighted by atomic mass is 9.83. The van der Waals surface area contributed by atoms with Crippen LogP contribution in [0.15, 0.2) is 18.2 Å². The summed E-state index contributed by atoms with van der Waals surface area (Å²) in [5.41, 5.74) is 0.161. The predicted molar refractivity (Wildman–Crippen MR) is 77.3 cm³/mol. The summed E-state index contributed by atoms with van der Waals surface area (Å²) in [4.78, 5) is 9.87. The van der Waals surface area contributed by atoms with Crippen LogP contribution in [0.2, 0.25) is 0 Å². The zero-order chi connectivity index (χ0) is 14.5. The lowest BCUT2D eigenvalue weighted by Crippen LogP contribution is -2.26. The van der Waals surface area contributed by atoms with E-state index in [0.717, 1.165) is 18.8 Å². The molecular weight excluding hydrogens is 259 g/mol. The van der Waals surface area contributed by atoms with Crippen LogP contribution >= 0.6 is 0 Å². The van der Waals surface area contributed by atoms with E-state index in [9.17, 15) is 14.5 Å². The number of nitrogens with zero attached hydrogens (tertiary/aromatic N) is 1. The van der Waals surface area contributed by atoms with Crippen molar-refractivity contribution >= 4 is 11.4 Å². The molecule has 1 aliphatic carbocycles. The molecule has 0 atom stereocenters. The van der Waals surface area contributed by atoms with E-state index in [-0.39, 0.29) is 0 Å². The van der Waals surface area contributed by atoms with E-state index in [0.29, 0.717) is 11.7 Å². The molecule has 0 heterocycles. The van der Waals surface area contributed by atoms with Crippen LogP contribution in [0.5, 0.6) is 0 Å². The highest BCUT2D eigenvalue weighted by atomic mass is 19.1. The zero-order valence-corrected chi connectivity index (χ0v) is 11.8. The Morgan fingerprint density at radius 1 is 1.35 bits per heavy atom. The van der Waals surface area contributed by atoms with Gasteiger partial charge in [-0.2, -0.15) is 4.39 Å². The number of nitrogens with one attached hydrogen (secondary N) is 1. The Hall–Kier alpha value is -1.65. The molecule has 0 amide bonds. The highest BCUT2D eigenvalue weighted by Gasteiger charge is 2.21. The average molecular weight is 280 g/mol. The van der Waals surface area contributed by atoms with Gasteiger partial charge in [-0.3, -0.25) is 10.1 Å². The molecule has 1 aromatic carbocycles. The second-order valence-electron chi connectivity index (χ2n) is 5.57. The Morgan fingerprint density at radius 3 is 2.60 bits per heavy atom. The van der Waals surface area contributed by atoms with E-state index < -0.39 is 16.4 Å². The van der Waals surface area contributed by atoms with Crippen molar-refractivity contribution in [3.63, 3.8) is 0 Å². The Kier molecular flexibility index (Phi) is 4.93. The quantitative estimate of drug-likeness (QED) is 0.638. The third-order valence-corrected chi connectivity index (χ3v) is 4.06. The van der Waals surface area contributed by atoms with Crippen molar-refractivity contribution in [1.29, 1.82) is 0 Å². The summed E-state index contributed by atoms with van der Waals surface area (Å²) in [6, 6.07) is 4.37. The van der Waals surface area contributed by atoms with Crippen molar-refractivity contribution in [2.75, 3.05) is 5.32 Å². The van der Waals surface area contributed by atoms with Crippen molar-refractivity contribution in [3.05, 3.63) is 34.1 Å². The van der Waals surface area contributed by atoms with Gasteiger partial charge < -0.3 is 5.32 Å². The maximum absolute atomic E-state index is 13.5. The van der Waals surface area contributed by atoms with Crippen LogP contribution in [0.1, 0.15) is 45.4 Å². The highest BCUT2D eigenvalue weighted by Crippen LogP contribution is 2.30. The SMILES string of the molecule is CCCC1CCC(Nc2ccc([N+](=O)[O-])c(F)c2)CC1. The van der Waals surface area contributed by atoms with Gasteiger partial charge >= 0.3 is 5.69 Å². The van der Waals surface area contributed by atoms with E-state index in [1.54, 1.807) is 6.07 Å². The summed E-state index contributed by atoms with van der Waals surface area (Å²) in [6.07, 6.45) is 7.11. The zero-order valence-electron chi connectivity index (χ0n) is 11.8. The van der Waals surface area contributed by atoms with E-state index in [1.165, 1.54) is 37.8 Å². The first-order valence-corrected chi connectivity index (χ1v) is 7.30. The summed E-state index contributed by atoms with van der Waals surface area (Å²) in [7, 11) is 0. The van der Waals surface area contributed by atoms with Crippen LogP contribution in [0.4, 0.5) is 15.8 Å². The minimum absolute atomic E-state index is 0.351. The number of rotatable bonds is 5. The van der Waals surface area contributed by atoms with Crippen molar-refractivity contribution in [2.45, 2.75) is 51.5 Å². The molecule has 0 bridgehead atoms. The van der Waals surface area contributed by atoms with Gasteiger partial charge in [-0.15, -0.1) is 0 Å². The smallest absolute Gasteiger partial charge is 0.304 e. The Bertz CT molecular complexity index is 471. The monoisotopic (exact) mass is 280 g/mol. The molecule has 0 radical (unpaired) electrons. The lowest BCUT2D eigenvalue weighted by Gasteiger charge is -2.29. The summed E-state index contributed by atoms with van der Waals surface area (Å²) in [6.45, 7) is 2.21. The van der Waals surface area contributed by atoms with Gasteiger partial charge in [-0.1, -0.05) is 19.8 Å². The van der Waals surface area contributed by atoms with Crippen molar-refractivity contribution < 1.29 is 9.31 Å². The molecule has 0 spiro atoms. The van der Waals surface area contributed by atoms with Gasteiger partial charge in [0.1, 0.15) is 0 Å².